The number of rotatable bonds is 28. The molecule has 250 valence electrons. The SMILES string of the molecule is [N-]=[N+]=NCCOCCOCCOCCOCCOCCOCCOCCOC(c1ccccc1)(c1ccccc1)c1ccccc1. The van der Waals surface area contributed by atoms with Crippen LogP contribution in [0.25, 0.3) is 10.4 Å². The van der Waals surface area contributed by atoms with Gasteiger partial charge in [0.25, 0.3) is 0 Å². The minimum atomic E-state index is -0.750. The lowest BCUT2D eigenvalue weighted by Gasteiger charge is -2.36. The molecule has 0 heterocycles. The Labute approximate surface area is 272 Å². The average molecular weight is 638 g/mol. The first-order chi connectivity index (χ1) is 22.9. The highest BCUT2D eigenvalue weighted by Crippen LogP contribution is 2.40. The van der Waals surface area contributed by atoms with E-state index in [9.17, 15) is 0 Å². The summed E-state index contributed by atoms with van der Waals surface area (Å²) in [5.74, 6) is 0. The maximum absolute atomic E-state index is 8.16. The number of azide groups is 1. The quantitative estimate of drug-likeness (QED) is 0.0340. The lowest BCUT2D eigenvalue weighted by Crippen LogP contribution is -2.34. The average Bonchev–Trinajstić information content (AvgIpc) is 3.11. The van der Waals surface area contributed by atoms with Crippen LogP contribution in [0.15, 0.2) is 96.1 Å². The largest absolute Gasteiger partial charge is 0.379 e. The van der Waals surface area contributed by atoms with Gasteiger partial charge in [-0.05, 0) is 22.2 Å². The summed E-state index contributed by atoms with van der Waals surface area (Å²) in [5.41, 5.74) is 10.6. The first-order valence-corrected chi connectivity index (χ1v) is 15.7. The van der Waals surface area contributed by atoms with Gasteiger partial charge in [-0.15, -0.1) is 0 Å². The second-order valence-corrected chi connectivity index (χ2v) is 9.87. The normalized spacial score (nSPS) is 11.4. The Morgan fingerprint density at radius 3 is 1.00 bits per heavy atom. The molecule has 0 amide bonds. The van der Waals surface area contributed by atoms with Gasteiger partial charge < -0.3 is 37.9 Å². The summed E-state index contributed by atoms with van der Waals surface area (Å²) >= 11 is 0. The van der Waals surface area contributed by atoms with Gasteiger partial charge in [0, 0.05) is 11.5 Å². The molecular formula is C35H47N3O8. The third-order valence-corrected chi connectivity index (χ3v) is 6.72. The Bertz CT molecular complexity index is 1090. The van der Waals surface area contributed by atoms with Crippen molar-refractivity contribution in [2.75, 3.05) is 106 Å². The van der Waals surface area contributed by atoms with Gasteiger partial charge in [0.05, 0.1) is 99.1 Å². The fourth-order valence-electron chi connectivity index (χ4n) is 4.59. The molecule has 0 atom stereocenters. The van der Waals surface area contributed by atoms with E-state index in [1.165, 1.54) is 0 Å². The van der Waals surface area contributed by atoms with Gasteiger partial charge in [0.2, 0.25) is 0 Å². The maximum Gasteiger partial charge on any atom is 0.143 e. The van der Waals surface area contributed by atoms with Crippen LogP contribution in [0.1, 0.15) is 16.7 Å². The topological polar surface area (TPSA) is 123 Å². The van der Waals surface area contributed by atoms with Crippen LogP contribution in [-0.4, -0.2) is 106 Å². The van der Waals surface area contributed by atoms with Crippen molar-refractivity contribution in [1.29, 1.82) is 0 Å². The van der Waals surface area contributed by atoms with Crippen molar-refractivity contribution in [2.24, 2.45) is 5.11 Å². The molecule has 46 heavy (non-hydrogen) atoms. The number of nitrogens with zero attached hydrogens (tertiary/aromatic N) is 3. The highest BCUT2D eigenvalue weighted by Gasteiger charge is 2.37. The molecule has 11 nitrogen and oxygen atoms in total. The molecule has 11 heteroatoms. The van der Waals surface area contributed by atoms with Crippen LogP contribution in [0.2, 0.25) is 0 Å². The third kappa shape index (κ3) is 14.4. The van der Waals surface area contributed by atoms with Crippen molar-refractivity contribution in [3.63, 3.8) is 0 Å². The van der Waals surface area contributed by atoms with Gasteiger partial charge in [0.1, 0.15) is 5.60 Å². The Morgan fingerprint density at radius 1 is 0.413 bits per heavy atom. The van der Waals surface area contributed by atoms with Gasteiger partial charge in [-0.3, -0.25) is 0 Å². The molecule has 0 unspecified atom stereocenters. The van der Waals surface area contributed by atoms with E-state index >= 15 is 0 Å². The van der Waals surface area contributed by atoms with Crippen LogP contribution in [0, 0.1) is 0 Å². The molecule has 0 radical (unpaired) electrons. The molecule has 3 rings (SSSR count). The van der Waals surface area contributed by atoms with E-state index in [-0.39, 0.29) is 0 Å². The Hall–Kier alpha value is -3.35. The second kappa shape index (κ2) is 24.8. The summed E-state index contributed by atoms with van der Waals surface area (Å²) in [4.78, 5) is 2.65. The summed E-state index contributed by atoms with van der Waals surface area (Å²) in [7, 11) is 0. The van der Waals surface area contributed by atoms with Crippen LogP contribution in [0.5, 0.6) is 0 Å². The van der Waals surface area contributed by atoms with Crippen molar-refractivity contribution in [3.8, 4) is 0 Å². The van der Waals surface area contributed by atoms with Crippen LogP contribution >= 0.6 is 0 Å². The number of benzene rings is 3. The molecule has 0 aliphatic rings. The zero-order chi connectivity index (χ0) is 32.2. The molecule has 0 aliphatic heterocycles. The van der Waals surface area contributed by atoms with Crippen LogP contribution in [0.4, 0.5) is 0 Å². The number of ether oxygens (including phenoxy) is 8. The number of hydrogen-bond donors (Lipinski definition) is 0. The predicted octanol–water partition coefficient (Wildman–Crippen LogP) is 5.42. The van der Waals surface area contributed by atoms with Gasteiger partial charge >= 0.3 is 0 Å². The maximum atomic E-state index is 8.16. The van der Waals surface area contributed by atoms with Crippen molar-refractivity contribution in [1.82, 2.24) is 0 Å². The summed E-state index contributed by atoms with van der Waals surface area (Å²) in [5, 5.41) is 3.38. The Balaban J connectivity index is 1.18. The van der Waals surface area contributed by atoms with Gasteiger partial charge in [0.15, 0.2) is 0 Å². The van der Waals surface area contributed by atoms with Crippen molar-refractivity contribution in [3.05, 3.63) is 118 Å². The molecule has 3 aromatic carbocycles. The van der Waals surface area contributed by atoms with E-state index in [4.69, 9.17) is 43.4 Å². The Morgan fingerprint density at radius 2 is 0.696 bits per heavy atom. The Kier molecular flexibility index (Phi) is 20.0. The monoisotopic (exact) mass is 637 g/mol. The van der Waals surface area contributed by atoms with E-state index in [0.29, 0.717) is 106 Å². The fourth-order valence-corrected chi connectivity index (χ4v) is 4.59. The number of hydrogen-bond acceptors (Lipinski definition) is 9. The zero-order valence-corrected chi connectivity index (χ0v) is 26.6. The standard InChI is InChI=1S/C35H47N3O8/c36-38-37-16-17-39-18-19-40-20-21-41-22-23-42-24-25-43-26-27-44-28-29-45-30-31-46-35(32-10-4-1-5-11-32,33-12-6-2-7-13-33)34-14-8-3-9-15-34/h1-15H,16-31H2. The van der Waals surface area contributed by atoms with Gasteiger partial charge in [-0.1, -0.05) is 96.1 Å². The summed E-state index contributed by atoms with van der Waals surface area (Å²) < 4.78 is 45.3. The molecule has 0 N–H and O–H groups in total. The second-order valence-electron chi connectivity index (χ2n) is 9.87. The molecule has 0 aromatic heterocycles. The third-order valence-electron chi connectivity index (χ3n) is 6.72. The highest BCUT2D eigenvalue weighted by molar-refractivity contribution is 5.47. The lowest BCUT2D eigenvalue weighted by molar-refractivity contribution is -0.0397. The predicted molar refractivity (Wildman–Crippen MR) is 175 cm³/mol. The summed E-state index contributed by atoms with van der Waals surface area (Å²) in [6.45, 7) is 7.38. The van der Waals surface area contributed by atoms with E-state index in [2.05, 4.69) is 46.4 Å². The van der Waals surface area contributed by atoms with E-state index < -0.39 is 5.60 Å². The molecule has 0 bridgehead atoms. The van der Waals surface area contributed by atoms with Crippen LogP contribution in [-0.2, 0) is 43.5 Å². The molecule has 0 saturated heterocycles. The minimum Gasteiger partial charge on any atom is -0.379 e. The molecule has 0 saturated carbocycles. The van der Waals surface area contributed by atoms with Crippen LogP contribution in [0.3, 0.4) is 0 Å². The van der Waals surface area contributed by atoms with Gasteiger partial charge in [-0.25, -0.2) is 0 Å². The first-order valence-electron chi connectivity index (χ1n) is 15.7. The first kappa shape index (κ1) is 37.1. The van der Waals surface area contributed by atoms with Crippen molar-refractivity contribution >= 4 is 0 Å². The molecular weight excluding hydrogens is 590 g/mol. The van der Waals surface area contributed by atoms with Crippen molar-refractivity contribution < 1.29 is 37.9 Å². The smallest absolute Gasteiger partial charge is 0.143 e. The zero-order valence-electron chi connectivity index (χ0n) is 26.6. The molecule has 0 fully saturated rings. The van der Waals surface area contributed by atoms with E-state index in [0.717, 1.165) is 16.7 Å². The van der Waals surface area contributed by atoms with Crippen molar-refractivity contribution in [2.45, 2.75) is 5.60 Å². The van der Waals surface area contributed by atoms with Crippen LogP contribution < -0.4 is 0 Å². The molecule has 0 spiro atoms. The molecule has 0 aliphatic carbocycles. The lowest BCUT2D eigenvalue weighted by atomic mass is 9.80. The fraction of sp³-hybridized carbons (Fsp3) is 0.486. The highest BCUT2D eigenvalue weighted by atomic mass is 16.6. The van der Waals surface area contributed by atoms with Gasteiger partial charge in [-0.2, -0.15) is 0 Å². The summed E-state index contributed by atoms with van der Waals surface area (Å²) in [6, 6.07) is 30.9. The van der Waals surface area contributed by atoms with E-state index in [1.807, 2.05) is 54.6 Å². The summed E-state index contributed by atoms with van der Waals surface area (Å²) in [6.07, 6.45) is 0. The molecule has 3 aromatic rings. The van der Waals surface area contributed by atoms with E-state index in [1.54, 1.807) is 0 Å². The minimum absolute atomic E-state index is 0.328.